The van der Waals surface area contributed by atoms with Gasteiger partial charge in [0.1, 0.15) is 5.75 Å². The van der Waals surface area contributed by atoms with Crippen molar-refractivity contribution in [1.29, 1.82) is 0 Å². The zero-order chi connectivity index (χ0) is 14.7. The summed E-state index contributed by atoms with van der Waals surface area (Å²) >= 11 is 3.59. The summed E-state index contributed by atoms with van der Waals surface area (Å²) in [5, 5.41) is 5.31. The number of hydrogen-bond donors (Lipinski definition) is 1. The smallest absolute Gasteiger partial charge is 0.321 e. The van der Waals surface area contributed by atoms with Crippen LogP contribution in [0.5, 0.6) is 11.8 Å². The molecule has 1 heterocycles. The highest BCUT2D eigenvalue weighted by Crippen LogP contribution is 2.34. The Kier molecular flexibility index (Phi) is 4.13. The minimum atomic E-state index is 0.339. The molecule has 0 atom stereocenters. The van der Waals surface area contributed by atoms with Crippen molar-refractivity contribution in [3.8, 4) is 11.8 Å². The highest BCUT2D eigenvalue weighted by molar-refractivity contribution is 9.10. The van der Waals surface area contributed by atoms with E-state index in [1.165, 1.54) is 0 Å². The second kappa shape index (κ2) is 6.20. The fourth-order valence-electron chi connectivity index (χ4n) is 2.08. The van der Waals surface area contributed by atoms with Crippen molar-refractivity contribution in [2.75, 3.05) is 7.05 Å². The van der Waals surface area contributed by atoms with E-state index in [2.05, 4.69) is 37.3 Å². The molecule has 0 saturated heterocycles. The maximum atomic E-state index is 5.76. The molecule has 0 aliphatic rings. The van der Waals surface area contributed by atoms with Gasteiger partial charge in [-0.25, -0.2) is 9.97 Å². The first-order valence-corrected chi connectivity index (χ1v) is 7.38. The molecule has 21 heavy (non-hydrogen) atoms. The molecule has 0 radical (unpaired) electrons. The van der Waals surface area contributed by atoms with E-state index in [4.69, 9.17) is 4.74 Å². The van der Waals surface area contributed by atoms with Crippen LogP contribution >= 0.6 is 15.9 Å². The molecule has 1 N–H and O–H groups in total. The average Bonchev–Trinajstić information content (AvgIpc) is 2.52. The lowest BCUT2D eigenvalue weighted by Gasteiger charge is -2.09. The molecule has 0 saturated carbocycles. The number of ether oxygens (including phenoxy) is 1. The Hall–Kier alpha value is -1.98. The second-order valence-corrected chi connectivity index (χ2v) is 5.40. The van der Waals surface area contributed by atoms with Gasteiger partial charge in [-0.05, 0) is 39.8 Å². The molecular formula is C16H14BrN3O. The van der Waals surface area contributed by atoms with E-state index in [1.54, 1.807) is 12.4 Å². The molecule has 1 aromatic heterocycles. The van der Waals surface area contributed by atoms with Gasteiger partial charge < -0.3 is 10.1 Å². The van der Waals surface area contributed by atoms with Gasteiger partial charge in [-0.1, -0.05) is 30.3 Å². The lowest BCUT2D eigenvalue weighted by molar-refractivity contribution is 0.439. The first-order chi connectivity index (χ1) is 10.3. The van der Waals surface area contributed by atoms with Gasteiger partial charge in [-0.2, -0.15) is 0 Å². The predicted octanol–water partition coefficient (Wildman–Crippen LogP) is 3.90. The zero-order valence-corrected chi connectivity index (χ0v) is 13.1. The molecule has 0 fully saturated rings. The first-order valence-electron chi connectivity index (χ1n) is 6.58. The summed E-state index contributed by atoms with van der Waals surface area (Å²) in [6, 6.07) is 12.4. The molecule has 2 aromatic carbocycles. The molecule has 4 nitrogen and oxygen atoms in total. The Morgan fingerprint density at radius 1 is 1.10 bits per heavy atom. The van der Waals surface area contributed by atoms with Gasteiger partial charge in [-0.3, -0.25) is 0 Å². The van der Waals surface area contributed by atoms with Gasteiger partial charge >= 0.3 is 6.01 Å². The molecule has 0 spiro atoms. The summed E-state index contributed by atoms with van der Waals surface area (Å²) in [4.78, 5) is 8.44. The number of hydrogen-bond acceptors (Lipinski definition) is 4. The van der Waals surface area contributed by atoms with E-state index < -0.39 is 0 Å². The van der Waals surface area contributed by atoms with Crippen molar-refractivity contribution < 1.29 is 4.74 Å². The van der Waals surface area contributed by atoms with Crippen LogP contribution in [0.1, 0.15) is 5.56 Å². The normalized spacial score (nSPS) is 10.8. The highest BCUT2D eigenvalue weighted by atomic mass is 79.9. The van der Waals surface area contributed by atoms with Crippen molar-refractivity contribution in [3.05, 3.63) is 58.8 Å². The number of rotatable bonds is 4. The lowest BCUT2D eigenvalue weighted by atomic mass is 10.1. The zero-order valence-electron chi connectivity index (χ0n) is 11.5. The third-order valence-electron chi connectivity index (χ3n) is 3.09. The van der Waals surface area contributed by atoms with Crippen LogP contribution in [0.25, 0.3) is 10.8 Å². The standard InChI is InChI=1S/C16H14BrN3O/c1-18-8-11-9-19-16(20-10-11)21-14-7-6-12-4-2-3-5-13(12)15(14)17/h2-7,9-10,18H,8H2,1H3. The van der Waals surface area contributed by atoms with Gasteiger partial charge in [-0.15, -0.1) is 0 Å². The van der Waals surface area contributed by atoms with E-state index in [1.807, 2.05) is 37.4 Å². The van der Waals surface area contributed by atoms with E-state index in [-0.39, 0.29) is 0 Å². The molecule has 0 aliphatic heterocycles. The molecular weight excluding hydrogens is 330 g/mol. The minimum Gasteiger partial charge on any atom is -0.423 e. The summed E-state index contributed by atoms with van der Waals surface area (Å²) < 4.78 is 6.67. The summed E-state index contributed by atoms with van der Waals surface area (Å²) in [5.41, 5.74) is 1.02. The van der Waals surface area contributed by atoms with Crippen LogP contribution in [0.2, 0.25) is 0 Å². The van der Waals surface area contributed by atoms with Crippen LogP contribution in [-0.4, -0.2) is 17.0 Å². The SMILES string of the molecule is CNCc1cnc(Oc2ccc3ccccc3c2Br)nc1. The molecule has 0 amide bonds. The van der Waals surface area contributed by atoms with Crippen LogP contribution < -0.4 is 10.1 Å². The van der Waals surface area contributed by atoms with Crippen molar-refractivity contribution in [2.45, 2.75) is 6.54 Å². The number of aromatic nitrogens is 2. The van der Waals surface area contributed by atoms with E-state index in [9.17, 15) is 0 Å². The van der Waals surface area contributed by atoms with Crippen molar-refractivity contribution in [2.24, 2.45) is 0 Å². The van der Waals surface area contributed by atoms with E-state index in [0.29, 0.717) is 11.8 Å². The molecule has 0 unspecified atom stereocenters. The second-order valence-electron chi connectivity index (χ2n) is 4.61. The van der Waals surface area contributed by atoms with E-state index in [0.717, 1.165) is 27.4 Å². The quantitative estimate of drug-likeness (QED) is 0.780. The Morgan fingerprint density at radius 3 is 2.62 bits per heavy atom. The Bertz CT molecular complexity index is 759. The molecule has 5 heteroatoms. The molecule has 3 aromatic rings. The lowest BCUT2D eigenvalue weighted by Crippen LogP contribution is -2.06. The van der Waals surface area contributed by atoms with Crippen molar-refractivity contribution in [1.82, 2.24) is 15.3 Å². The molecule has 3 rings (SSSR count). The predicted molar refractivity (Wildman–Crippen MR) is 86.5 cm³/mol. The number of halogens is 1. The molecule has 106 valence electrons. The molecule has 0 aliphatic carbocycles. The van der Waals surface area contributed by atoms with Crippen molar-refractivity contribution in [3.63, 3.8) is 0 Å². The number of nitrogens with zero attached hydrogens (tertiary/aromatic N) is 2. The number of fused-ring (bicyclic) bond motifs is 1. The molecule has 0 bridgehead atoms. The summed E-state index contributed by atoms with van der Waals surface area (Å²) in [6.07, 6.45) is 3.52. The average molecular weight is 344 g/mol. The highest BCUT2D eigenvalue weighted by Gasteiger charge is 2.08. The summed E-state index contributed by atoms with van der Waals surface area (Å²) in [7, 11) is 1.89. The maximum Gasteiger partial charge on any atom is 0.321 e. The number of nitrogens with one attached hydrogen (secondary N) is 1. The van der Waals surface area contributed by atoms with Crippen molar-refractivity contribution >= 4 is 26.7 Å². The van der Waals surface area contributed by atoms with Gasteiger partial charge in [0, 0.05) is 24.5 Å². The van der Waals surface area contributed by atoms with Crippen LogP contribution in [0.3, 0.4) is 0 Å². The largest absolute Gasteiger partial charge is 0.423 e. The Morgan fingerprint density at radius 2 is 1.86 bits per heavy atom. The van der Waals surface area contributed by atoms with Crippen LogP contribution in [-0.2, 0) is 6.54 Å². The summed E-state index contributed by atoms with van der Waals surface area (Å²) in [5.74, 6) is 0.704. The van der Waals surface area contributed by atoms with Crippen LogP contribution in [0.4, 0.5) is 0 Å². The fourth-order valence-corrected chi connectivity index (χ4v) is 2.66. The number of benzene rings is 2. The Labute approximate surface area is 131 Å². The third-order valence-corrected chi connectivity index (χ3v) is 3.91. The fraction of sp³-hybridized carbons (Fsp3) is 0.125. The first kappa shape index (κ1) is 14.0. The van der Waals surface area contributed by atoms with Gasteiger partial charge in [0.2, 0.25) is 0 Å². The summed E-state index contributed by atoms with van der Waals surface area (Å²) in [6.45, 7) is 0.736. The van der Waals surface area contributed by atoms with Crippen LogP contribution in [0.15, 0.2) is 53.3 Å². The monoisotopic (exact) mass is 343 g/mol. The topological polar surface area (TPSA) is 47.0 Å². The van der Waals surface area contributed by atoms with Gasteiger partial charge in [0.05, 0.1) is 4.47 Å². The van der Waals surface area contributed by atoms with E-state index >= 15 is 0 Å². The maximum absolute atomic E-state index is 5.76. The minimum absolute atomic E-state index is 0.339. The van der Waals surface area contributed by atoms with Gasteiger partial charge in [0.25, 0.3) is 0 Å². The van der Waals surface area contributed by atoms with Gasteiger partial charge in [0.15, 0.2) is 0 Å². The third kappa shape index (κ3) is 3.04. The van der Waals surface area contributed by atoms with Crippen LogP contribution in [0, 0.1) is 0 Å². The Balaban J connectivity index is 1.89.